The summed E-state index contributed by atoms with van der Waals surface area (Å²) in [6.07, 6.45) is 2.52. The summed E-state index contributed by atoms with van der Waals surface area (Å²) in [5, 5.41) is 0. The lowest BCUT2D eigenvalue weighted by Gasteiger charge is -2.24. The van der Waals surface area contributed by atoms with Crippen molar-refractivity contribution in [1.82, 2.24) is 0 Å². The van der Waals surface area contributed by atoms with Gasteiger partial charge in [-0.3, -0.25) is 0 Å². The Morgan fingerprint density at radius 3 is 2.53 bits per heavy atom. The second-order valence-corrected chi connectivity index (χ2v) is 5.42. The lowest BCUT2D eigenvalue weighted by molar-refractivity contribution is 0.0279. The molecule has 19 heavy (non-hydrogen) atoms. The average molecular weight is 267 g/mol. The van der Waals surface area contributed by atoms with Gasteiger partial charge in [0.15, 0.2) is 0 Å². The summed E-state index contributed by atoms with van der Waals surface area (Å²) in [7, 11) is 0. The van der Waals surface area contributed by atoms with Crippen LogP contribution in [0, 0.1) is 11.7 Å². The van der Waals surface area contributed by atoms with Gasteiger partial charge >= 0.3 is 0 Å². The molecular weight excluding hydrogens is 241 g/mol. The standard InChI is InChI=1S/C16H26FNO/c1-4-15(18)16(19-11-7-8-12(2)3)13-9-5-6-10-14(13)17/h5-6,9-10,12,15-16H,4,7-8,11,18H2,1-3H3. The Hall–Kier alpha value is -0.930. The zero-order chi connectivity index (χ0) is 14.3. The van der Waals surface area contributed by atoms with E-state index in [1.54, 1.807) is 12.1 Å². The van der Waals surface area contributed by atoms with E-state index >= 15 is 0 Å². The van der Waals surface area contributed by atoms with E-state index in [9.17, 15) is 4.39 Å². The zero-order valence-electron chi connectivity index (χ0n) is 12.2. The van der Waals surface area contributed by atoms with E-state index in [-0.39, 0.29) is 18.0 Å². The van der Waals surface area contributed by atoms with Gasteiger partial charge in [0, 0.05) is 18.2 Å². The van der Waals surface area contributed by atoms with Crippen molar-refractivity contribution >= 4 is 0 Å². The Bertz CT molecular complexity index is 368. The van der Waals surface area contributed by atoms with Gasteiger partial charge in [0.2, 0.25) is 0 Å². The van der Waals surface area contributed by atoms with Gasteiger partial charge in [-0.1, -0.05) is 39.0 Å². The number of nitrogens with two attached hydrogens (primary N) is 1. The van der Waals surface area contributed by atoms with Crippen LogP contribution >= 0.6 is 0 Å². The van der Waals surface area contributed by atoms with Crippen LogP contribution in [0.4, 0.5) is 4.39 Å². The number of rotatable bonds is 8. The van der Waals surface area contributed by atoms with Crippen LogP contribution in [0.1, 0.15) is 51.7 Å². The summed E-state index contributed by atoms with van der Waals surface area (Å²) in [6.45, 7) is 7.00. The molecule has 2 nitrogen and oxygen atoms in total. The molecule has 0 aliphatic heterocycles. The second-order valence-electron chi connectivity index (χ2n) is 5.42. The Labute approximate surface area is 116 Å². The van der Waals surface area contributed by atoms with E-state index in [4.69, 9.17) is 10.5 Å². The topological polar surface area (TPSA) is 35.2 Å². The Morgan fingerprint density at radius 2 is 1.95 bits per heavy atom. The third-order valence-electron chi connectivity index (χ3n) is 3.30. The fraction of sp³-hybridized carbons (Fsp3) is 0.625. The quantitative estimate of drug-likeness (QED) is 0.721. The van der Waals surface area contributed by atoms with E-state index in [0.717, 1.165) is 19.3 Å². The van der Waals surface area contributed by atoms with Crippen LogP contribution in [0.2, 0.25) is 0 Å². The zero-order valence-corrected chi connectivity index (χ0v) is 12.2. The Balaban J connectivity index is 2.65. The maximum Gasteiger partial charge on any atom is 0.129 e. The van der Waals surface area contributed by atoms with Crippen molar-refractivity contribution in [2.24, 2.45) is 11.7 Å². The molecule has 0 aliphatic rings. The molecule has 0 fully saturated rings. The van der Waals surface area contributed by atoms with Crippen molar-refractivity contribution in [3.8, 4) is 0 Å². The molecule has 108 valence electrons. The molecule has 0 heterocycles. The molecule has 0 bridgehead atoms. The predicted molar refractivity (Wildman–Crippen MR) is 77.4 cm³/mol. The lowest BCUT2D eigenvalue weighted by Crippen LogP contribution is -2.30. The van der Waals surface area contributed by atoms with Gasteiger partial charge < -0.3 is 10.5 Å². The van der Waals surface area contributed by atoms with Crippen LogP contribution < -0.4 is 5.73 Å². The fourth-order valence-corrected chi connectivity index (χ4v) is 2.07. The Morgan fingerprint density at radius 1 is 1.26 bits per heavy atom. The van der Waals surface area contributed by atoms with Gasteiger partial charge in [0.25, 0.3) is 0 Å². The van der Waals surface area contributed by atoms with Crippen molar-refractivity contribution < 1.29 is 9.13 Å². The smallest absolute Gasteiger partial charge is 0.129 e. The second kappa shape index (κ2) is 8.28. The molecule has 0 aromatic heterocycles. The molecule has 0 spiro atoms. The van der Waals surface area contributed by atoms with Crippen molar-refractivity contribution in [2.45, 2.75) is 52.2 Å². The molecule has 0 saturated carbocycles. The lowest BCUT2D eigenvalue weighted by atomic mass is 10.00. The average Bonchev–Trinajstić information content (AvgIpc) is 2.39. The minimum atomic E-state index is -0.349. The van der Waals surface area contributed by atoms with Crippen LogP contribution in [-0.4, -0.2) is 12.6 Å². The summed E-state index contributed by atoms with van der Waals surface area (Å²) in [4.78, 5) is 0. The molecule has 1 rings (SSSR count). The largest absolute Gasteiger partial charge is 0.372 e. The third-order valence-corrected chi connectivity index (χ3v) is 3.30. The summed E-state index contributed by atoms with van der Waals surface area (Å²) in [6, 6.07) is 6.56. The van der Waals surface area contributed by atoms with Gasteiger partial charge in [-0.15, -0.1) is 0 Å². The number of hydrogen-bond acceptors (Lipinski definition) is 2. The molecule has 0 amide bonds. The molecule has 1 aromatic carbocycles. The number of benzene rings is 1. The first-order valence-electron chi connectivity index (χ1n) is 7.17. The van der Waals surface area contributed by atoms with E-state index in [1.165, 1.54) is 6.07 Å². The minimum Gasteiger partial charge on any atom is -0.372 e. The fourth-order valence-electron chi connectivity index (χ4n) is 2.07. The summed E-state index contributed by atoms with van der Waals surface area (Å²) in [5.41, 5.74) is 6.64. The maximum absolute atomic E-state index is 13.8. The van der Waals surface area contributed by atoms with Crippen LogP contribution in [0.5, 0.6) is 0 Å². The highest BCUT2D eigenvalue weighted by Crippen LogP contribution is 2.25. The minimum absolute atomic E-state index is 0.170. The van der Waals surface area contributed by atoms with E-state index < -0.39 is 0 Å². The molecule has 3 heteroatoms. The summed E-state index contributed by atoms with van der Waals surface area (Å²) in [5.74, 6) is 0.426. The van der Waals surface area contributed by atoms with Crippen molar-refractivity contribution in [2.75, 3.05) is 6.61 Å². The maximum atomic E-state index is 13.8. The highest BCUT2D eigenvalue weighted by molar-refractivity contribution is 5.21. The van der Waals surface area contributed by atoms with E-state index in [0.29, 0.717) is 18.1 Å². The first kappa shape index (κ1) is 16.1. The molecule has 0 aliphatic carbocycles. The van der Waals surface area contributed by atoms with Crippen LogP contribution in [0.3, 0.4) is 0 Å². The normalized spacial score (nSPS) is 14.6. The first-order valence-corrected chi connectivity index (χ1v) is 7.17. The molecular formula is C16H26FNO. The number of halogens is 1. The van der Waals surface area contributed by atoms with Crippen molar-refractivity contribution in [1.29, 1.82) is 0 Å². The summed E-state index contributed by atoms with van der Waals surface area (Å²) >= 11 is 0. The molecule has 2 unspecified atom stereocenters. The number of ether oxygens (including phenoxy) is 1. The van der Waals surface area contributed by atoms with Crippen LogP contribution in [-0.2, 0) is 4.74 Å². The summed E-state index contributed by atoms with van der Waals surface area (Å²) < 4.78 is 19.7. The van der Waals surface area contributed by atoms with Crippen molar-refractivity contribution in [3.63, 3.8) is 0 Å². The van der Waals surface area contributed by atoms with E-state index in [1.807, 2.05) is 13.0 Å². The highest BCUT2D eigenvalue weighted by atomic mass is 19.1. The van der Waals surface area contributed by atoms with Crippen LogP contribution in [0.25, 0.3) is 0 Å². The Kier molecular flexibility index (Phi) is 7.03. The van der Waals surface area contributed by atoms with Crippen LogP contribution in [0.15, 0.2) is 24.3 Å². The van der Waals surface area contributed by atoms with Gasteiger partial charge in [-0.2, -0.15) is 0 Å². The molecule has 1 aromatic rings. The van der Waals surface area contributed by atoms with Gasteiger partial charge in [0.05, 0.1) is 0 Å². The van der Waals surface area contributed by atoms with E-state index in [2.05, 4.69) is 13.8 Å². The van der Waals surface area contributed by atoms with Crippen molar-refractivity contribution in [3.05, 3.63) is 35.6 Å². The molecule has 2 atom stereocenters. The monoisotopic (exact) mass is 267 g/mol. The molecule has 0 radical (unpaired) electrons. The SMILES string of the molecule is CCC(N)C(OCCCC(C)C)c1ccccc1F. The molecule has 0 saturated heterocycles. The van der Waals surface area contributed by atoms with Gasteiger partial charge in [-0.05, 0) is 31.2 Å². The first-order chi connectivity index (χ1) is 9.06. The predicted octanol–water partition coefficient (Wildman–Crippen LogP) is 4.06. The third kappa shape index (κ3) is 5.29. The van der Waals surface area contributed by atoms with Gasteiger partial charge in [0.1, 0.15) is 11.9 Å². The highest BCUT2D eigenvalue weighted by Gasteiger charge is 2.22. The molecule has 2 N–H and O–H groups in total. The number of hydrogen-bond donors (Lipinski definition) is 1. The van der Waals surface area contributed by atoms with Gasteiger partial charge in [-0.25, -0.2) is 4.39 Å².